The van der Waals surface area contributed by atoms with E-state index in [0.29, 0.717) is 12.1 Å². The Balaban J connectivity index is 1.70. The molecule has 3 rings (SSSR count). The van der Waals surface area contributed by atoms with Gasteiger partial charge < -0.3 is 0 Å². The first-order valence-corrected chi connectivity index (χ1v) is 8.03. The zero-order valence-electron chi connectivity index (χ0n) is 13.5. The molecule has 0 aliphatic carbocycles. The van der Waals surface area contributed by atoms with Crippen molar-refractivity contribution in [1.29, 1.82) is 0 Å². The number of piperidine rings is 1. The van der Waals surface area contributed by atoms with E-state index in [1.54, 1.807) is 10.9 Å². The number of hydrogen-bond donors (Lipinski definition) is 0. The summed E-state index contributed by atoms with van der Waals surface area (Å²) in [4.78, 5) is 12.9. The summed E-state index contributed by atoms with van der Waals surface area (Å²) >= 11 is 0. The Hall–Kier alpha value is -2.21. The van der Waals surface area contributed by atoms with Crippen molar-refractivity contribution in [1.82, 2.24) is 14.7 Å². The number of hydrogen-bond acceptors (Lipinski definition) is 4. The van der Waals surface area contributed by atoms with Crippen LogP contribution in [0.25, 0.3) is 0 Å². The van der Waals surface area contributed by atoms with E-state index in [1.807, 2.05) is 6.07 Å². The number of aromatic nitrogens is 2. The van der Waals surface area contributed by atoms with Crippen LogP contribution >= 0.6 is 0 Å². The topological polar surface area (TPSA) is 64.2 Å². The van der Waals surface area contributed by atoms with Crippen molar-refractivity contribution in [3.63, 3.8) is 0 Å². The molecule has 6 nitrogen and oxygen atoms in total. The summed E-state index contributed by atoms with van der Waals surface area (Å²) < 4.78 is 1.77. The lowest BCUT2D eigenvalue weighted by Crippen LogP contribution is -2.46. The Bertz CT molecular complexity index is 658. The summed E-state index contributed by atoms with van der Waals surface area (Å²) in [6, 6.07) is 11.5. The van der Waals surface area contributed by atoms with Crippen LogP contribution in [-0.4, -0.2) is 31.7 Å². The SMILES string of the molecule is CC1CC(n2cc([N+](=O)[O-])cn2)C[C@@H](C)N1Cc1ccccc1. The van der Waals surface area contributed by atoms with Crippen LogP contribution in [0, 0.1) is 10.1 Å². The van der Waals surface area contributed by atoms with Gasteiger partial charge in [0.25, 0.3) is 0 Å². The second-order valence-corrected chi connectivity index (χ2v) is 6.42. The minimum atomic E-state index is -0.388. The first-order valence-electron chi connectivity index (χ1n) is 8.03. The predicted octanol–water partition coefficient (Wildman–Crippen LogP) is 3.41. The molecule has 1 aliphatic heterocycles. The Kier molecular flexibility index (Phi) is 4.43. The van der Waals surface area contributed by atoms with E-state index in [-0.39, 0.29) is 16.7 Å². The van der Waals surface area contributed by atoms with Gasteiger partial charge in [-0.3, -0.25) is 19.7 Å². The van der Waals surface area contributed by atoms with Crippen molar-refractivity contribution in [3.8, 4) is 0 Å². The molecule has 1 fully saturated rings. The first-order chi connectivity index (χ1) is 11.0. The fourth-order valence-electron chi connectivity index (χ4n) is 3.53. The van der Waals surface area contributed by atoms with E-state index in [4.69, 9.17) is 0 Å². The molecule has 2 unspecified atom stereocenters. The van der Waals surface area contributed by atoms with Crippen LogP contribution in [0.4, 0.5) is 5.69 Å². The number of likely N-dealkylation sites (tertiary alicyclic amines) is 1. The standard InChI is InChI=1S/C17H22N4O2/c1-13-8-16(20-12-17(10-18-20)21(22)23)9-14(2)19(13)11-15-6-4-3-5-7-15/h3-7,10,12-14,16H,8-9,11H2,1-2H3/t13-,14?,16?/m1/s1. The zero-order chi connectivity index (χ0) is 16.4. The lowest BCUT2D eigenvalue weighted by Gasteiger charge is -2.42. The molecule has 1 aliphatic rings. The van der Waals surface area contributed by atoms with Crippen LogP contribution in [0.5, 0.6) is 0 Å². The van der Waals surface area contributed by atoms with Crippen LogP contribution in [0.1, 0.15) is 38.3 Å². The number of nitrogens with zero attached hydrogens (tertiary/aromatic N) is 4. The van der Waals surface area contributed by atoms with Gasteiger partial charge in [-0.25, -0.2) is 0 Å². The summed E-state index contributed by atoms with van der Waals surface area (Å²) in [7, 11) is 0. The molecule has 0 spiro atoms. The maximum Gasteiger partial charge on any atom is 0.307 e. The number of benzene rings is 1. The van der Waals surface area contributed by atoms with E-state index in [0.717, 1.165) is 19.4 Å². The van der Waals surface area contributed by atoms with Gasteiger partial charge in [0.05, 0.1) is 11.0 Å². The molecule has 0 N–H and O–H groups in total. The summed E-state index contributed by atoms with van der Waals surface area (Å²) in [6.07, 6.45) is 4.80. The maximum atomic E-state index is 10.8. The quantitative estimate of drug-likeness (QED) is 0.641. The van der Waals surface area contributed by atoms with Gasteiger partial charge in [0.15, 0.2) is 0 Å². The molecule has 0 saturated carbocycles. The summed E-state index contributed by atoms with van der Waals surface area (Å²) in [6.45, 7) is 5.39. The van der Waals surface area contributed by atoms with Crippen LogP contribution < -0.4 is 0 Å². The maximum absolute atomic E-state index is 10.8. The zero-order valence-corrected chi connectivity index (χ0v) is 13.5. The fourth-order valence-corrected chi connectivity index (χ4v) is 3.53. The molecule has 0 amide bonds. The minimum absolute atomic E-state index is 0.0667. The first kappa shape index (κ1) is 15.7. The van der Waals surface area contributed by atoms with E-state index in [1.165, 1.54) is 11.8 Å². The van der Waals surface area contributed by atoms with Crippen molar-refractivity contribution in [2.24, 2.45) is 0 Å². The molecular formula is C17H22N4O2. The average molecular weight is 314 g/mol. The van der Waals surface area contributed by atoms with Crippen molar-refractivity contribution in [2.75, 3.05) is 0 Å². The molecule has 0 bridgehead atoms. The van der Waals surface area contributed by atoms with Crippen molar-refractivity contribution in [2.45, 2.75) is 51.4 Å². The second-order valence-electron chi connectivity index (χ2n) is 6.42. The minimum Gasteiger partial charge on any atom is -0.294 e. The monoisotopic (exact) mass is 314 g/mol. The third kappa shape index (κ3) is 3.42. The fraction of sp³-hybridized carbons (Fsp3) is 0.471. The molecule has 1 aromatic carbocycles. The predicted molar refractivity (Wildman–Crippen MR) is 88.1 cm³/mol. The normalized spacial score (nSPS) is 25.4. The molecule has 6 heteroatoms. The Labute approximate surface area is 135 Å². The van der Waals surface area contributed by atoms with Gasteiger partial charge in [-0.15, -0.1) is 0 Å². The molecule has 122 valence electrons. The van der Waals surface area contributed by atoms with Gasteiger partial charge >= 0.3 is 5.69 Å². The summed E-state index contributed by atoms with van der Waals surface area (Å²) in [5, 5.41) is 15.0. The van der Waals surface area contributed by atoms with E-state index in [9.17, 15) is 10.1 Å². The lowest BCUT2D eigenvalue weighted by atomic mass is 9.92. The van der Waals surface area contributed by atoms with E-state index >= 15 is 0 Å². The highest BCUT2D eigenvalue weighted by Crippen LogP contribution is 2.32. The van der Waals surface area contributed by atoms with Crippen LogP contribution in [0.3, 0.4) is 0 Å². The van der Waals surface area contributed by atoms with E-state index in [2.05, 4.69) is 48.1 Å². The molecule has 2 heterocycles. The van der Waals surface area contributed by atoms with Crippen molar-refractivity contribution < 1.29 is 4.92 Å². The molecule has 1 aromatic heterocycles. The highest BCUT2D eigenvalue weighted by atomic mass is 16.6. The smallest absolute Gasteiger partial charge is 0.294 e. The van der Waals surface area contributed by atoms with Crippen molar-refractivity contribution in [3.05, 3.63) is 58.4 Å². The van der Waals surface area contributed by atoms with Crippen molar-refractivity contribution >= 4 is 5.69 Å². The molecule has 3 atom stereocenters. The van der Waals surface area contributed by atoms with Crippen LogP contribution in [0.15, 0.2) is 42.7 Å². The van der Waals surface area contributed by atoms with Gasteiger partial charge in [-0.2, -0.15) is 5.10 Å². The largest absolute Gasteiger partial charge is 0.307 e. The lowest BCUT2D eigenvalue weighted by molar-refractivity contribution is -0.385. The van der Waals surface area contributed by atoms with Gasteiger partial charge in [-0.05, 0) is 32.3 Å². The molecule has 0 radical (unpaired) electrons. The second kappa shape index (κ2) is 6.50. The third-order valence-electron chi connectivity index (χ3n) is 4.74. The van der Waals surface area contributed by atoms with Gasteiger partial charge in [0, 0.05) is 18.6 Å². The summed E-state index contributed by atoms with van der Waals surface area (Å²) in [5.74, 6) is 0. The molecular weight excluding hydrogens is 292 g/mol. The van der Waals surface area contributed by atoms with E-state index < -0.39 is 0 Å². The molecule has 23 heavy (non-hydrogen) atoms. The Morgan fingerprint density at radius 2 is 1.87 bits per heavy atom. The highest BCUT2D eigenvalue weighted by molar-refractivity contribution is 5.21. The summed E-state index contributed by atoms with van der Waals surface area (Å²) in [5.41, 5.74) is 1.39. The Morgan fingerprint density at radius 3 is 2.43 bits per heavy atom. The molecule has 1 saturated heterocycles. The van der Waals surface area contributed by atoms with Gasteiger partial charge in [0.1, 0.15) is 12.4 Å². The van der Waals surface area contributed by atoms with Crippen LogP contribution in [-0.2, 0) is 6.54 Å². The third-order valence-corrected chi connectivity index (χ3v) is 4.74. The highest BCUT2D eigenvalue weighted by Gasteiger charge is 2.32. The average Bonchev–Trinajstić information content (AvgIpc) is 3.02. The number of rotatable bonds is 4. The Morgan fingerprint density at radius 1 is 1.22 bits per heavy atom. The molecule has 2 aromatic rings. The number of nitro groups is 1. The van der Waals surface area contributed by atoms with Crippen LogP contribution in [0.2, 0.25) is 0 Å². The van der Waals surface area contributed by atoms with Gasteiger partial charge in [-0.1, -0.05) is 30.3 Å². The van der Waals surface area contributed by atoms with Gasteiger partial charge in [0.2, 0.25) is 0 Å².